The molecule has 0 spiro atoms. The average Bonchev–Trinajstić information content (AvgIpc) is 3.41. The Morgan fingerprint density at radius 1 is 0.976 bits per heavy atom. The lowest BCUT2D eigenvalue weighted by Crippen LogP contribution is -2.20. The van der Waals surface area contributed by atoms with Crippen LogP contribution in [0.4, 0.5) is 0 Å². The van der Waals surface area contributed by atoms with E-state index in [-0.39, 0.29) is 39.3 Å². The van der Waals surface area contributed by atoms with Crippen molar-refractivity contribution in [2.24, 2.45) is 5.10 Å². The Labute approximate surface area is 242 Å². The van der Waals surface area contributed by atoms with Gasteiger partial charge < -0.3 is 14.3 Å². The smallest absolute Gasteiger partial charge is 0.335 e. The minimum Gasteiger partial charge on any atom is -0.486 e. The van der Waals surface area contributed by atoms with Crippen LogP contribution < -0.4 is 10.3 Å². The number of hydrogen-bond donors (Lipinski definition) is 1. The average molecular weight is 584 g/mol. The van der Waals surface area contributed by atoms with Crippen molar-refractivity contribution in [2.45, 2.75) is 6.61 Å². The predicted octanol–water partition coefficient (Wildman–Crippen LogP) is 7.28. The molecule has 0 radical (unpaired) electrons. The number of nitrogens with zero attached hydrogens (tertiary/aromatic N) is 3. The van der Waals surface area contributed by atoms with Gasteiger partial charge in [-0.3, -0.25) is 4.79 Å². The number of furan rings is 1. The minimum atomic E-state index is -1.01. The molecule has 0 fully saturated rings. The van der Waals surface area contributed by atoms with Crippen molar-refractivity contribution in [1.29, 1.82) is 0 Å². The molecule has 0 aliphatic carbocycles. The van der Waals surface area contributed by atoms with Gasteiger partial charge in [0, 0.05) is 5.39 Å². The highest BCUT2D eigenvalue weighted by Gasteiger charge is 2.17. The summed E-state index contributed by atoms with van der Waals surface area (Å²) in [6, 6.07) is 25.9. The number of halogens is 2. The molecule has 4 aromatic carbocycles. The standard InChI is InChI=1S/C31H19Cl2N3O5/c32-23-13-19(14-24(33)28(23)40-17-18-9-11-20(12-10-18)31(38)39)16-34-36-29(27-15-21-5-1-4-8-26(21)41-27)35-25-7-3-2-6-22(25)30(36)37/h1-16H,17H2,(H,38,39). The fraction of sp³-hybridized carbons (Fsp3) is 0.0323. The lowest BCUT2D eigenvalue weighted by Gasteiger charge is -2.11. The first-order valence-electron chi connectivity index (χ1n) is 12.4. The monoisotopic (exact) mass is 583 g/mol. The van der Waals surface area contributed by atoms with Gasteiger partial charge in [0.05, 0.1) is 32.7 Å². The quantitative estimate of drug-likeness (QED) is 0.198. The molecule has 0 bridgehead atoms. The lowest BCUT2D eigenvalue weighted by molar-refractivity contribution is 0.0697. The molecule has 0 aliphatic heterocycles. The molecule has 0 saturated carbocycles. The number of rotatable bonds is 7. The number of para-hydroxylation sites is 2. The van der Waals surface area contributed by atoms with Gasteiger partial charge in [-0.05, 0) is 59.7 Å². The van der Waals surface area contributed by atoms with Gasteiger partial charge >= 0.3 is 5.97 Å². The Balaban J connectivity index is 1.33. The van der Waals surface area contributed by atoms with E-state index in [0.29, 0.717) is 27.8 Å². The number of carbonyl (C=O) groups is 1. The first-order valence-corrected chi connectivity index (χ1v) is 13.1. The zero-order chi connectivity index (χ0) is 28.5. The highest BCUT2D eigenvalue weighted by atomic mass is 35.5. The summed E-state index contributed by atoms with van der Waals surface area (Å²) in [5.41, 5.74) is 2.26. The third-order valence-electron chi connectivity index (χ3n) is 6.33. The van der Waals surface area contributed by atoms with Crippen LogP contribution in [0.2, 0.25) is 10.0 Å². The first-order chi connectivity index (χ1) is 19.9. The van der Waals surface area contributed by atoms with Gasteiger partial charge in [0.15, 0.2) is 11.5 Å². The highest BCUT2D eigenvalue weighted by molar-refractivity contribution is 6.37. The maximum atomic E-state index is 13.5. The van der Waals surface area contributed by atoms with Crippen LogP contribution in [0.15, 0.2) is 105 Å². The van der Waals surface area contributed by atoms with Gasteiger partial charge in [0.2, 0.25) is 5.82 Å². The molecule has 8 nitrogen and oxygen atoms in total. The Kier molecular flexibility index (Phi) is 7.01. The van der Waals surface area contributed by atoms with Crippen molar-refractivity contribution in [3.05, 3.63) is 128 Å². The van der Waals surface area contributed by atoms with Crippen molar-refractivity contribution in [2.75, 3.05) is 0 Å². The summed E-state index contributed by atoms with van der Waals surface area (Å²) in [7, 11) is 0. The number of fused-ring (bicyclic) bond motifs is 2. The molecular weight excluding hydrogens is 565 g/mol. The van der Waals surface area contributed by atoms with Crippen molar-refractivity contribution < 1.29 is 19.1 Å². The minimum absolute atomic E-state index is 0.131. The molecule has 2 heterocycles. The SMILES string of the molecule is O=C(O)c1ccc(COc2c(Cl)cc(C=Nn3c(-c4cc5ccccc5o4)nc4ccccc4c3=O)cc2Cl)cc1. The third-order valence-corrected chi connectivity index (χ3v) is 6.89. The van der Waals surface area contributed by atoms with Crippen LogP contribution in [0.25, 0.3) is 33.5 Å². The van der Waals surface area contributed by atoms with Gasteiger partial charge in [0.1, 0.15) is 12.2 Å². The summed E-state index contributed by atoms with van der Waals surface area (Å²) in [6.45, 7) is 0.131. The molecule has 0 saturated heterocycles. The summed E-state index contributed by atoms with van der Waals surface area (Å²) in [4.78, 5) is 29.2. The maximum Gasteiger partial charge on any atom is 0.335 e. The predicted molar refractivity (Wildman–Crippen MR) is 158 cm³/mol. The van der Waals surface area contributed by atoms with Crippen molar-refractivity contribution in [3.63, 3.8) is 0 Å². The van der Waals surface area contributed by atoms with E-state index < -0.39 is 5.97 Å². The van der Waals surface area contributed by atoms with Crippen LogP contribution in [0.1, 0.15) is 21.5 Å². The number of ether oxygens (including phenoxy) is 1. The van der Waals surface area contributed by atoms with Crippen LogP contribution in [0, 0.1) is 0 Å². The Morgan fingerprint density at radius 2 is 1.68 bits per heavy atom. The van der Waals surface area contributed by atoms with Crippen LogP contribution in [0.5, 0.6) is 5.75 Å². The molecule has 0 aliphatic rings. The normalized spacial score (nSPS) is 11.5. The molecule has 0 amide bonds. The summed E-state index contributed by atoms with van der Waals surface area (Å²) in [5, 5.41) is 15.3. The Morgan fingerprint density at radius 3 is 2.41 bits per heavy atom. The van der Waals surface area contributed by atoms with E-state index in [2.05, 4.69) is 10.1 Å². The van der Waals surface area contributed by atoms with Gasteiger partial charge in [0.25, 0.3) is 5.56 Å². The van der Waals surface area contributed by atoms with Gasteiger partial charge in [-0.2, -0.15) is 9.78 Å². The molecule has 2 aromatic heterocycles. The van der Waals surface area contributed by atoms with Crippen molar-refractivity contribution in [1.82, 2.24) is 9.66 Å². The molecule has 0 unspecified atom stereocenters. The molecule has 202 valence electrons. The van der Waals surface area contributed by atoms with Crippen molar-refractivity contribution >= 4 is 57.3 Å². The van der Waals surface area contributed by atoms with Gasteiger partial charge in [-0.25, -0.2) is 9.78 Å². The topological polar surface area (TPSA) is 107 Å². The van der Waals surface area contributed by atoms with E-state index in [1.54, 1.807) is 42.5 Å². The molecule has 41 heavy (non-hydrogen) atoms. The number of carboxylic acid groups (broad SMARTS) is 1. The Bertz CT molecular complexity index is 1970. The third kappa shape index (κ3) is 5.30. The van der Waals surface area contributed by atoms with E-state index in [4.69, 9.17) is 37.5 Å². The first kappa shape index (κ1) is 26.3. The zero-order valence-electron chi connectivity index (χ0n) is 21.1. The molecule has 0 atom stereocenters. The zero-order valence-corrected chi connectivity index (χ0v) is 22.6. The molecule has 10 heteroatoms. The number of benzene rings is 4. The maximum absolute atomic E-state index is 13.5. The van der Waals surface area contributed by atoms with Crippen LogP contribution in [-0.2, 0) is 6.61 Å². The summed E-state index contributed by atoms with van der Waals surface area (Å²) >= 11 is 13.0. The van der Waals surface area contributed by atoms with Crippen molar-refractivity contribution in [3.8, 4) is 17.3 Å². The Hall–Kier alpha value is -4.92. The summed E-state index contributed by atoms with van der Waals surface area (Å²) < 4.78 is 13.0. The largest absolute Gasteiger partial charge is 0.486 e. The van der Waals surface area contributed by atoms with Crippen LogP contribution in [0.3, 0.4) is 0 Å². The van der Waals surface area contributed by atoms with Gasteiger partial charge in [-0.1, -0.05) is 65.7 Å². The van der Waals surface area contributed by atoms with Gasteiger partial charge in [-0.15, -0.1) is 0 Å². The fourth-order valence-corrected chi connectivity index (χ4v) is 4.91. The fourth-order valence-electron chi connectivity index (χ4n) is 4.30. The van der Waals surface area contributed by atoms with E-state index >= 15 is 0 Å². The molecular formula is C31H19Cl2N3O5. The molecule has 6 aromatic rings. The number of hydrogen-bond acceptors (Lipinski definition) is 6. The number of carboxylic acids is 1. The van der Waals surface area contributed by atoms with E-state index in [0.717, 1.165) is 10.9 Å². The van der Waals surface area contributed by atoms with E-state index in [9.17, 15) is 9.59 Å². The highest BCUT2D eigenvalue weighted by Crippen LogP contribution is 2.34. The van der Waals surface area contributed by atoms with Crippen LogP contribution >= 0.6 is 23.2 Å². The van der Waals surface area contributed by atoms with E-state index in [1.165, 1.54) is 23.0 Å². The van der Waals surface area contributed by atoms with E-state index in [1.807, 2.05) is 36.4 Å². The second-order valence-electron chi connectivity index (χ2n) is 9.07. The second kappa shape index (κ2) is 10.9. The number of aromatic carboxylic acids is 1. The molecule has 1 N–H and O–H groups in total. The molecule has 6 rings (SSSR count). The summed E-state index contributed by atoms with van der Waals surface area (Å²) in [6.07, 6.45) is 1.45. The summed E-state index contributed by atoms with van der Waals surface area (Å²) in [5.74, 6) is -0.109. The van der Waals surface area contributed by atoms with Crippen LogP contribution in [-0.4, -0.2) is 27.0 Å². The second-order valence-corrected chi connectivity index (χ2v) is 9.88. The lowest BCUT2D eigenvalue weighted by atomic mass is 10.1. The number of aromatic nitrogens is 2.